The standard InChI is InChI=1S/C9H8F2O4S/c1-14-8(12)5-2-3-6(16-5)9(13)15-4-7(10)11/h2-3,7H,4H2,1H3. The van der Waals surface area contributed by atoms with E-state index in [2.05, 4.69) is 9.47 Å². The lowest BCUT2D eigenvalue weighted by atomic mass is 10.4. The van der Waals surface area contributed by atoms with Crippen molar-refractivity contribution in [1.82, 2.24) is 0 Å². The summed E-state index contributed by atoms with van der Waals surface area (Å²) >= 11 is 0.831. The fourth-order valence-corrected chi connectivity index (χ4v) is 1.69. The molecule has 88 valence electrons. The predicted octanol–water partition coefficient (Wildman–Crippen LogP) is 1.96. The number of hydrogen-bond donors (Lipinski definition) is 0. The molecule has 0 radical (unpaired) electrons. The van der Waals surface area contributed by atoms with E-state index in [0.717, 1.165) is 11.3 Å². The summed E-state index contributed by atoms with van der Waals surface area (Å²) in [7, 11) is 1.21. The highest BCUT2D eigenvalue weighted by atomic mass is 32.1. The van der Waals surface area contributed by atoms with Gasteiger partial charge in [-0.1, -0.05) is 0 Å². The van der Waals surface area contributed by atoms with Crippen LogP contribution in [0.4, 0.5) is 8.78 Å². The smallest absolute Gasteiger partial charge is 0.348 e. The minimum atomic E-state index is -2.70. The Balaban J connectivity index is 2.63. The van der Waals surface area contributed by atoms with Gasteiger partial charge in [-0.3, -0.25) is 0 Å². The summed E-state index contributed by atoms with van der Waals surface area (Å²) < 4.78 is 32.2. The number of ether oxygens (including phenoxy) is 2. The topological polar surface area (TPSA) is 52.6 Å². The lowest BCUT2D eigenvalue weighted by molar-refractivity contribution is 0.0164. The van der Waals surface area contributed by atoms with E-state index in [0.29, 0.717) is 0 Å². The van der Waals surface area contributed by atoms with Crippen LogP contribution in [0.5, 0.6) is 0 Å². The van der Waals surface area contributed by atoms with Crippen molar-refractivity contribution in [2.75, 3.05) is 13.7 Å². The van der Waals surface area contributed by atoms with Crippen LogP contribution in [0.2, 0.25) is 0 Å². The Labute approximate surface area is 93.8 Å². The Bertz CT molecular complexity index is 389. The fourth-order valence-electron chi connectivity index (χ4n) is 0.868. The van der Waals surface area contributed by atoms with Crippen LogP contribution in [-0.2, 0) is 9.47 Å². The molecule has 16 heavy (non-hydrogen) atoms. The molecule has 0 atom stereocenters. The van der Waals surface area contributed by atoms with E-state index < -0.39 is 25.0 Å². The van der Waals surface area contributed by atoms with E-state index in [1.54, 1.807) is 0 Å². The molecule has 1 rings (SSSR count). The number of thiophene rings is 1. The summed E-state index contributed by atoms with van der Waals surface area (Å²) in [6.45, 7) is -0.954. The van der Waals surface area contributed by atoms with Crippen molar-refractivity contribution in [3.8, 4) is 0 Å². The van der Waals surface area contributed by atoms with Gasteiger partial charge < -0.3 is 9.47 Å². The zero-order valence-corrected chi connectivity index (χ0v) is 9.05. The molecule has 0 spiro atoms. The molecule has 0 bridgehead atoms. The van der Waals surface area contributed by atoms with Crippen molar-refractivity contribution < 1.29 is 27.8 Å². The number of esters is 2. The molecule has 0 amide bonds. The number of hydrogen-bond acceptors (Lipinski definition) is 5. The third kappa shape index (κ3) is 3.27. The highest BCUT2D eigenvalue weighted by molar-refractivity contribution is 7.15. The van der Waals surface area contributed by atoms with Crippen LogP contribution in [0, 0.1) is 0 Å². The molecule has 0 N–H and O–H groups in total. The lowest BCUT2D eigenvalue weighted by Gasteiger charge is -2.00. The van der Waals surface area contributed by atoms with Crippen molar-refractivity contribution >= 4 is 23.3 Å². The molecule has 1 aromatic rings. The van der Waals surface area contributed by atoms with E-state index in [1.165, 1.54) is 19.2 Å². The number of halogens is 2. The summed E-state index contributed by atoms with van der Waals surface area (Å²) in [6, 6.07) is 2.69. The minimum absolute atomic E-state index is 0.0843. The maximum absolute atomic E-state index is 11.8. The molecule has 0 aromatic carbocycles. The number of alkyl halides is 2. The van der Waals surface area contributed by atoms with Gasteiger partial charge in [-0.25, -0.2) is 18.4 Å². The zero-order chi connectivity index (χ0) is 12.1. The first-order chi connectivity index (χ1) is 7.54. The van der Waals surface area contributed by atoms with Gasteiger partial charge >= 0.3 is 11.9 Å². The maximum atomic E-state index is 11.8. The van der Waals surface area contributed by atoms with Gasteiger partial charge in [-0.2, -0.15) is 0 Å². The first-order valence-corrected chi connectivity index (χ1v) is 4.99. The third-order valence-corrected chi connectivity index (χ3v) is 2.58. The molecule has 0 aliphatic carbocycles. The average Bonchev–Trinajstić information content (AvgIpc) is 2.74. The number of methoxy groups -OCH3 is 1. The second kappa shape index (κ2) is 5.55. The number of rotatable bonds is 4. The average molecular weight is 250 g/mol. The van der Waals surface area contributed by atoms with Crippen LogP contribution in [0.25, 0.3) is 0 Å². The molecular weight excluding hydrogens is 242 g/mol. The molecule has 0 fully saturated rings. The van der Waals surface area contributed by atoms with Crippen LogP contribution in [-0.4, -0.2) is 32.1 Å². The molecule has 7 heteroatoms. The van der Waals surface area contributed by atoms with Gasteiger partial charge in [-0.15, -0.1) is 11.3 Å². The Morgan fingerprint density at radius 3 is 2.38 bits per heavy atom. The minimum Gasteiger partial charge on any atom is -0.465 e. The fraction of sp³-hybridized carbons (Fsp3) is 0.333. The molecule has 0 aliphatic heterocycles. The van der Waals surface area contributed by atoms with Gasteiger partial charge in [0.2, 0.25) is 0 Å². The number of carbonyl (C=O) groups excluding carboxylic acids is 2. The Morgan fingerprint density at radius 2 is 1.88 bits per heavy atom. The lowest BCUT2D eigenvalue weighted by Crippen LogP contribution is -2.10. The summed E-state index contributed by atoms with van der Waals surface area (Å²) in [5.74, 6) is -1.46. The molecule has 0 aliphatic rings. The van der Waals surface area contributed by atoms with Gasteiger partial charge in [0.05, 0.1) is 7.11 Å². The van der Waals surface area contributed by atoms with Crippen LogP contribution in [0.1, 0.15) is 19.3 Å². The summed E-state index contributed by atoms with van der Waals surface area (Å²) in [5, 5.41) is 0. The van der Waals surface area contributed by atoms with Gasteiger partial charge in [0.15, 0.2) is 6.61 Å². The third-order valence-electron chi connectivity index (χ3n) is 1.53. The molecule has 4 nitrogen and oxygen atoms in total. The second-order valence-electron chi connectivity index (χ2n) is 2.65. The molecule has 0 saturated carbocycles. The van der Waals surface area contributed by atoms with Crippen molar-refractivity contribution in [3.05, 3.63) is 21.9 Å². The monoisotopic (exact) mass is 250 g/mol. The summed E-state index contributed by atoms with van der Waals surface area (Å²) in [4.78, 5) is 22.5. The Hall–Kier alpha value is -1.50. The van der Waals surface area contributed by atoms with E-state index in [9.17, 15) is 18.4 Å². The van der Waals surface area contributed by atoms with Crippen molar-refractivity contribution in [2.24, 2.45) is 0 Å². The normalized spacial score (nSPS) is 10.2. The highest BCUT2D eigenvalue weighted by Crippen LogP contribution is 2.18. The first-order valence-electron chi connectivity index (χ1n) is 4.18. The quantitative estimate of drug-likeness (QED) is 0.766. The van der Waals surface area contributed by atoms with E-state index >= 15 is 0 Å². The molecule has 1 aromatic heterocycles. The Kier molecular flexibility index (Phi) is 4.36. The van der Waals surface area contributed by atoms with Gasteiger partial charge in [-0.05, 0) is 12.1 Å². The maximum Gasteiger partial charge on any atom is 0.348 e. The molecule has 0 unspecified atom stereocenters. The second-order valence-corrected chi connectivity index (χ2v) is 3.73. The number of carbonyl (C=O) groups is 2. The van der Waals surface area contributed by atoms with E-state index in [-0.39, 0.29) is 9.75 Å². The van der Waals surface area contributed by atoms with Crippen LogP contribution in [0.3, 0.4) is 0 Å². The molecule has 0 saturated heterocycles. The molecule has 1 heterocycles. The van der Waals surface area contributed by atoms with Crippen LogP contribution < -0.4 is 0 Å². The van der Waals surface area contributed by atoms with Crippen LogP contribution >= 0.6 is 11.3 Å². The summed E-state index contributed by atoms with van der Waals surface area (Å²) in [5.41, 5.74) is 0. The van der Waals surface area contributed by atoms with Crippen molar-refractivity contribution in [2.45, 2.75) is 6.43 Å². The van der Waals surface area contributed by atoms with E-state index in [4.69, 9.17) is 0 Å². The summed E-state index contributed by atoms with van der Waals surface area (Å²) in [6.07, 6.45) is -2.70. The van der Waals surface area contributed by atoms with Gasteiger partial charge in [0.1, 0.15) is 9.75 Å². The highest BCUT2D eigenvalue weighted by Gasteiger charge is 2.16. The molecular formula is C9H8F2O4S. The van der Waals surface area contributed by atoms with Crippen LogP contribution in [0.15, 0.2) is 12.1 Å². The largest absolute Gasteiger partial charge is 0.465 e. The van der Waals surface area contributed by atoms with Crippen molar-refractivity contribution in [1.29, 1.82) is 0 Å². The predicted molar refractivity (Wildman–Crippen MR) is 51.9 cm³/mol. The van der Waals surface area contributed by atoms with Crippen molar-refractivity contribution in [3.63, 3.8) is 0 Å². The van der Waals surface area contributed by atoms with Gasteiger partial charge in [0.25, 0.3) is 6.43 Å². The zero-order valence-electron chi connectivity index (χ0n) is 8.24. The SMILES string of the molecule is COC(=O)c1ccc(C(=O)OCC(F)F)s1. The van der Waals surface area contributed by atoms with Gasteiger partial charge in [0, 0.05) is 0 Å². The Morgan fingerprint density at radius 1 is 1.31 bits per heavy atom. The van der Waals surface area contributed by atoms with E-state index in [1.807, 2.05) is 0 Å². The first kappa shape index (κ1) is 12.6.